The first kappa shape index (κ1) is 25.9. The van der Waals surface area contributed by atoms with E-state index >= 15 is 0 Å². The maximum Gasteiger partial charge on any atom is 0.416 e. The fourth-order valence-corrected chi connectivity index (χ4v) is 6.89. The quantitative estimate of drug-likeness (QED) is 0.564. The molecule has 2 aliphatic rings. The normalized spacial score (nSPS) is 18.5. The minimum Gasteiger partial charge on any atom is -0.496 e. The second kappa shape index (κ2) is 9.04. The third-order valence-electron chi connectivity index (χ3n) is 6.10. The van der Waals surface area contributed by atoms with E-state index < -0.39 is 27.7 Å². The lowest BCUT2D eigenvalue weighted by molar-refractivity contribution is -0.137. The molecular weight excluding hydrogens is 503 g/mol. The molecule has 35 heavy (non-hydrogen) atoms. The Kier molecular flexibility index (Phi) is 6.69. The summed E-state index contributed by atoms with van der Waals surface area (Å²) in [7, 11) is -1.94. The molecule has 1 aromatic carbocycles. The Morgan fingerprint density at radius 3 is 2.40 bits per heavy atom. The second-order valence-electron chi connectivity index (χ2n) is 10.0. The Morgan fingerprint density at radius 1 is 1.20 bits per heavy atom. The minimum atomic E-state index is -4.61. The van der Waals surface area contributed by atoms with Crippen LogP contribution in [0, 0.1) is 5.92 Å². The number of benzene rings is 1. The van der Waals surface area contributed by atoms with Crippen molar-refractivity contribution in [1.29, 1.82) is 0 Å². The Morgan fingerprint density at radius 2 is 1.86 bits per heavy atom. The number of alkyl halides is 3. The lowest BCUT2D eigenvalue weighted by Gasteiger charge is -2.38. The first-order chi connectivity index (χ1) is 16.2. The zero-order chi connectivity index (χ0) is 25.8. The molecule has 0 N–H and O–H groups in total. The maximum absolute atomic E-state index is 13.2. The van der Waals surface area contributed by atoms with Crippen molar-refractivity contribution >= 4 is 27.3 Å². The average Bonchev–Trinajstić information content (AvgIpc) is 3.51. The van der Waals surface area contributed by atoms with Crippen LogP contribution in [0.25, 0.3) is 0 Å². The molecule has 2 heterocycles. The van der Waals surface area contributed by atoms with Gasteiger partial charge in [0.15, 0.2) is 4.80 Å². The molecule has 0 bridgehead atoms. The summed E-state index contributed by atoms with van der Waals surface area (Å²) >= 11 is 1.29. The van der Waals surface area contributed by atoms with Gasteiger partial charge in [-0.2, -0.15) is 18.2 Å². The largest absolute Gasteiger partial charge is 0.496 e. The van der Waals surface area contributed by atoms with E-state index in [2.05, 4.69) is 4.99 Å². The number of halogens is 3. The van der Waals surface area contributed by atoms with Crippen LogP contribution in [0.4, 0.5) is 13.2 Å². The van der Waals surface area contributed by atoms with E-state index in [0.29, 0.717) is 37.3 Å². The van der Waals surface area contributed by atoms with Crippen molar-refractivity contribution in [3.8, 4) is 5.75 Å². The van der Waals surface area contributed by atoms with Crippen LogP contribution in [-0.4, -0.2) is 48.6 Å². The number of thiazole rings is 1. The SMILES string of the molecule is COc1ccc(C(F)(F)F)cc1C(=O)N=c1sc(C(C)(C)C)cn1CC1CN(S(=O)(=O)C2CC2)C1. The highest BCUT2D eigenvalue weighted by atomic mass is 32.2. The molecular formula is C23H28F3N3O4S2. The van der Waals surface area contributed by atoms with E-state index in [-0.39, 0.29) is 27.9 Å². The van der Waals surface area contributed by atoms with Crippen molar-refractivity contribution in [1.82, 2.24) is 8.87 Å². The van der Waals surface area contributed by atoms with E-state index in [0.717, 1.165) is 23.1 Å². The maximum atomic E-state index is 13.2. The Labute approximate surface area is 206 Å². The van der Waals surface area contributed by atoms with Gasteiger partial charge in [-0.3, -0.25) is 4.79 Å². The van der Waals surface area contributed by atoms with Crippen molar-refractivity contribution in [2.24, 2.45) is 10.9 Å². The van der Waals surface area contributed by atoms with E-state index in [4.69, 9.17) is 4.74 Å². The summed E-state index contributed by atoms with van der Waals surface area (Å²) in [5.41, 5.74) is -1.47. The average molecular weight is 532 g/mol. The standard InChI is InChI=1S/C23H28F3N3O4S2/c1-22(2,3)19-13-28(10-14-11-29(12-14)35(31,32)16-6-7-16)21(34-19)27-20(30)17-9-15(23(24,25)26)5-8-18(17)33-4/h5,8-9,13-14,16H,6-7,10-12H2,1-4H3. The molecule has 0 atom stereocenters. The van der Waals surface area contributed by atoms with E-state index in [9.17, 15) is 26.4 Å². The highest BCUT2D eigenvalue weighted by Crippen LogP contribution is 2.35. The Bertz CT molecular complexity index is 1300. The van der Waals surface area contributed by atoms with Gasteiger partial charge in [0.05, 0.1) is 23.5 Å². The number of hydrogen-bond acceptors (Lipinski definition) is 5. The van der Waals surface area contributed by atoms with Crippen LogP contribution >= 0.6 is 11.3 Å². The molecule has 192 valence electrons. The molecule has 0 radical (unpaired) electrons. The van der Waals surface area contributed by atoms with Crippen molar-refractivity contribution < 1.29 is 31.1 Å². The summed E-state index contributed by atoms with van der Waals surface area (Å²) in [6.45, 7) is 7.30. The van der Waals surface area contributed by atoms with E-state index in [1.807, 2.05) is 27.0 Å². The van der Waals surface area contributed by atoms with Gasteiger partial charge in [-0.05, 0) is 36.5 Å². The lowest BCUT2D eigenvalue weighted by Crippen LogP contribution is -2.52. The molecule has 2 fully saturated rings. The van der Waals surface area contributed by atoms with Crippen molar-refractivity contribution in [2.45, 2.75) is 57.0 Å². The first-order valence-electron chi connectivity index (χ1n) is 11.2. The molecule has 4 rings (SSSR count). The van der Waals surface area contributed by atoms with Crippen LogP contribution in [0.5, 0.6) is 5.75 Å². The van der Waals surface area contributed by atoms with Gasteiger partial charge in [0.25, 0.3) is 5.91 Å². The molecule has 1 saturated carbocycles. The number of methoxy groups -OCH3 is 1. The molecule has 12 heteroatoms. The van der Waals surface area contributed by atoms with Gasteiger partial charge < -0.3 is 9.30 Å². The topological polar surface area (TPSA) is 81.0 Å². The first-order valence-corrected chi connectivity index (χ1v) is 13.6. The molecule has 1 aliphatic heterocycles. The molecule has 2 aromatic rings. The fraction of sp³-hybridized carbons (Fsp3) is 0.565. The third kappa shape index (κ3) is 5.49. The molecule has 0 spiro atoms. The van der Waals surface area contributed by atoms with Gasteiger partial charge >= 0.3 is 6.18 Å². The predicted molar refractivity (Wildman–Crippen MR) is 126 cm³/mol. The molecule has 1 aliphatic carbocycles. The van der Waals surface area contributed by atoms with Gasteiger partial charge in [0, 0.05) is 36.6 Å². The number of hydrogen-bond donors (Lipinski definition) is 0. The molecule has 1 amide bonds. The van der Waals surface area contributed by atoms with Crippen molar-refractivity contribution in [2.75, 3.05) is 20.2 Å². The molecule has 0 unspecified atom stereocenters. The van der Waals surface area contributed by atoms with Crippen LogP contribution < -0.4 is 9.54 Å². The summed E-state index contributed by atoms with van der Waals surface area (Å²) in [6, 6.07) is 2.72. The van der Waals surface area contributed by atoms with E-state index in [1.165, 1.54) is 22.8 Å². The third-order valence-corrected chi connectivity index (χ3v) is 9.88. The van der Waals surface area contributed by atoms with Gasteiger partial charge in [0.1, 0.15) is 5.75 Å². The second-order valence-corrected chi connectivity index (χ2v) is 13.3. The number of carbonyl (C=O) groups is 1. The number of ether oxygens (including phenoxy) is 1. The van der Waals surface area contributed by atoms with E-state index in [1.54, 1.807) is 4.57 Å². The minimum absolute atomic E-state index is 0.00539. The summed E-state index contributed by atoms with van der Waals surface area (Å²) in [6.07, 6.45) is -1.30. The Hall–Kier alpha value is -2.18. The summed E-state index contributed by atoms with van der Waals surface area (Å²) in [5, 5.41) is -0.254. The lowest BCUT2D eigenvalue weighted by atomic mass is 9.95. The number of rotatable bonds is 6. The van der Waals surface area contributed by atoms with Gasteiger partial charge in [0.2, 0.25) is 10.0 Å². The van der Waals surface area contributed by atoms with Crippen molar-refractivity contribution in [3.63, 3.8) is 0 Å². The molecule has 1 aromatic heterocycles. The molecule has 1 saturated heterocycles. The van der Waals surface area contributed by atoms with Crippen LogP contribution in [0.3, 0.4) is 0 Å². The number of nitrogens with zero attached hydrogens (tertiary/aromatic N) is 3. The predicted octanol–water partition coefficient (Wildman–Crippen LogP) is 4.04. The summed E-state index contributed by atoms with van der Waals surface area (Å²) in [5.74, 6) is -0.774. The van der Waals surface area contributed by atoms with Crippen LogP contribution in [0.2, 0.25) is 0 Å². The van der Waals surface area contributed by atoms with Gasteiger partial charge in [-0.25, -0.2) is 12.7 Å². The number of amides is 1. The summed E-state index contributed by atoms with van der Waals surface area (Å²) in [4.78, 5) is 18.5. The fourth-order valence-electron chi connectivity index (χ4n) is 3.84. The van der Waals surface area contributed by atoms with Crippen molar-refractivity contribution in [3.05, 3.63) is 45.2 Å². The number of aromatic nitrogens is 1. The monoisotopic (exact) mass is 531 g/mol. The van der Waals surface area contributed by atoms with Crippen LogP contribution in [0.15, 0.2) is 29.4 Å². The summed E-state index contributed by atoms with van der Waals surface area (Å²) < 4.78 is 72.9. The number of sulfonamides is 1. The molecule has 7 nitrogen and oxygen atoms in total. The van der Waals surface area contributed by atoms with Gasteiger partial charge in [-0.15, -0.1) is 11.3 Å². The smallest absolute Gasteiger partial charge is 0.416 e. The van der Waals surface area contributed by atoms with Crippen LogP contribution in [0.1, 0.15) is 54.4 Å². The number of carbonyl (C=O) groups excluding carboxylic acids is 1. The van der Waals surface area contributed by atoms with Gasteiger partial charge in [-0.1, -0.05) is 20.8 Å². The Balaban J connectivity index is 1.64. The highest BCUT2D eigenvalue weighted by Gasteiger charge is 2.45. The highest BCUT2D eigenvalue weighted by molar-refractivity contribution is 7.90. The zero-order valence-electron chi connectivity index (χ0n) is 19.9. The van der Waals surface area contributed by atoms with Crippen LogP contribution in [-0.2, 0) is 28.2 Å². The zero-order valence-corrected chi connectivity index (χ0v) is 21.6.